The van der Waals surface area contributed by atoms with Crippen molar-refractivity contribution in [2.45, 2.75) is 20.8 Å². The van der Waals surface area contributed by atoms with Crippen molar-refractivity contribution in [3.63, 3.8) is 0 Å². The molecule has 0 atom stereocenters. The first kappa shape index (κ1) is 13.3. The van der Waals surface area contributed by atoms with Gasteiger partial charge < -0.3 is 5.32 Å². The van der Waals surface area contributed by atoms with Crippen molar-refractivity contribution in [3.05, 3.63) is 44.8 Å². The number of benzene rings is 1. The summed E-state index contributed by atoms with van der Waals surface area (Å²) >= 11 is 9.40. The van der Waals surface area contributed by atoms with E-state index in [1.165, 1.54) is 0 Å². The molecule has 1 aromatic heterocycles. The Morgan fingerprint density at radius 3 is 2.22 bits per heavy atom. The second-order valence-electron chi connectivity index (χ2n) is 4.16. The number of hydrogen-bond acceptors (Lipinski definition) is 3. The Morgan fingerprint density at radius 1 is 1.06 bits per heavy atom. The first-order chi connectivity index (χ1) is 8.45. The SMILES string of the molecule is Cc1nc(Cl)cc(Nc2c(C)cc(Br)cc2C)n1. The highest BCUT2D eigenvalue weighted by Gasteiger charge is 2.06. The third-order valence-electron chi connectivity index (χ3n) is 2.56. The van der Waals surface area contributed by atoms with Crippen LogP contribution in [-0.2, 0) is 0 Å². The largest absolute Gasteiger partial charge is 0.340 e. The lowest BCUT2D eigenvalue weighted by Gasteiger charge is -2.13. The minimum atomic E-state index is 0.442. The molecule has 0 aliphatic carbocycles. The zero-order valence-electron chi connectivity index (χ0n) is 10.4. The number of nitrogens with one attached hydrogen (secondary N) is 1. The fourth-order valence-electron chi connectivity index (χ4n) is 1.83. The van der Waals surface area contributed by atoms with Crippen molar-refractivity contribution in [1.29, 1.82) is 0 Å². The van der Waals surface area contributed by atoms with E-state index < -0.39 is 0 Å². The molecule has 0 fully saturated rings. The monoisotopic (exact) mass is 325 g/mol. The third-order valence-corrected chi connectivity index (χ3v) is 3.21. The highest BCUT2D eigenvalue weighted by atomic mass is 79.9. The van der Waals surface area contributed by atoms with Gasteiger partial charge in [0.1, 0.15) is 16.8 Å². The summed E-state index contributed by atoms with van der Waals surface area (Å²) in [4.78, 5) is 8.36. The van der Waals surface area contributed by atoms with E-state index >= 15 is 0 Å². The Morgan fingerprint density at radius 2 is 1.67 bits per heavy atom. The van der Waals surface area contributed by atoms with Gasteiger partial charge in [0.05, 0.1) is 0 Å². The molecule has 1 N–H and O–H groups in total. The van der Waals surface area contributed by atoms with Gasteiger partial charge in [-0.2, -0.15) is 0 Å². The summed E-state index contributed by atoms with van der Waals surface area (Å²) in [6.45, 7) is 5.92. The maximum Gasteiger partial charge on any atom is 0.135 e. The molecule has 2 aromatic rings. The molecule has 1 aromatic carbocycles. The van der Waals surface area contributed by atoms with Crippen molar-refractivity contribution in [3.8, 4) is 0 Å². The lowest BCUT2D eigenvalue weighted by atomic mass is 10.1. The topological polar surface area (TPSA) is 37.8 Å². The summed E-state index contributed by atoms with van der Waals surface area (Å²) in [5, 5.41) is 3.74. The third kappa shape index (κ3) is 3.00. The molecule has 0 amide bonds. The number of hydrogen-bond donors (Lipinski definition) is 1. The van der Waals surface area contributed by atoms with Crippen LogP contribution in [0, 0.1) is 20.8 Å². The van der Waals surface area contributed by atoms with E-state index in [2.05, 4.69) is 57.2 Å². The molecule has 0 saturated heterocycles. The van der Waals surface area contributed by atoms with Crippen molar-refractivity contribution >= 4 is 39.0 Å². The predicted octanol–water partition coefficient (Wildman–Crippen LogP) is 4.56. The van der Waals surface area contributed by atoms with Gasteiger partial charge in [0.15, 0.2) is 0 Å². The van der Waals surface area contributed by atoms with Gasteiger partial charge in [0, 0.05) is 16.2 Å². The predicted molar refractivity (Wildman–Crippen MR) is 78.7 cm³/mol. The Balaban J connectivity index is 2.40. The minimum Gasteiger partial charge on any atom is -0.340 e. The van der Waals surface area contributed by atoms with Gasteiger partial charge in [0.2, 0.25) is 0 Å². The minimum absolute atomic E-state index is 0.442. The molecule has 94 valence electrons. The molecule has 0 radical (unpaired) electrons. The fraction of sp³-hybridized carbons (Fsp3) is 0.231. The van der Waals surface area contributed by atoms with Crippen LogP contribution in [0.1, 0.15) is 17.0 Å². The molecule has 0 unspecified atom stereocenters. The molecule has 1 heterocycles. The normalized spacial score (nSPS) is 10.5. The molecule has 3 nitrogen and oxygen atoms in total. The van der Waals surface area contributed by atoms with Gasteiger partial charge in [-0.1, -0.05) is 27.5 Å². The number of nitrogens with zero attached hydrogens (tertiary/aromatic N) is 2. The summed E-state index contributed by atoms with van der Waals surface area (Å²) < 4.78 is 1.07. The average Bonchev–Trinajstić information content (AvgIpc) is 2.22. The quantitative estimate of drug-likeness (QED) is 0.822. The van der Waals surface area contributed by atoms with Crippen LogP contribution >= 0.6 is 27.5 Å². The van der Waals surface area contributed by atoms with Crippen LogP contribution in [0.25, 0.3) is 0 Å². The maximum atomic E-state index is 5.92. The summed E-state index contributed by atoms with van der Waals surface area (Å²) in [5.74, 6) is 1.36. The summed E-state index contributed by atoms with van der Waals surface area (Å²) in [6.07, 6.45) is 0. The lowest BCUT2D eigenvalue weighted by Crippen LogP contribution is -2.00. The number of aryl methyl sites for hydroxylation is 3. The summed E-state index contributed by atoms with van der Waals surface area (Å²) in [5.41, 5.74) is 3.34. The van der Waals surface area contributed by atoms with E-state index in [9.17, 15) is 0 Å². The highest BCUT2D eigenvalue weighted by Crippen LogP contribution is 2.28. The summed E-state index contributed by atoms with van der Waals surface area (Å²) in [7, 11) is 0. The van der Waals surface area contributed by atoms with Crippen LogP contribution < -0.4 is 5.32 Å². The molecular formula is C13H13BrClN3. The van der Waals surface area contributed by atoms with Crippen molar-refractivity contribution in [1.82, 2.24) is 9.97 Å². The molecule has 0 saturated carbocycles. The molecular weight excluding hydrogens is 314 g/mol. The van der Waals surface area contributed by atoms with Gasteiger partial charge >= 0.3 is 0 Å². The second kappa shape index (κ2) is 5.24. The Bertz CT molecular complexity index is 556. The fourth-order valence-corrected chi connectivity index (χ4v) is 2.74. The number of halogens is 2. The van der Waals surface area contributed by atoms with E-state index in [4.69, 9.17) is 11.6 Å². The van der Waals surface area contributed by atoms with Crippen molar-refractivity contribution in [2.24, 2.45) is 0 Å². The first-order valence-electron chi connectivity index (χ1n) is 5.50. The van der Waals surface area contributed by atoms with E-state index in [1.54, 1.807) is 6.07 Å². The first-order valence-corrected chi connectivity index (χ1v) is 6.68. The lowest BCUT2D eigenvalue weighted by molar-refractivity contribution is 1.06. The van der Waals surface area contributed by atoms with Crippen molar-refractivity contribution < 1.29 is 0 Å². The number of aromatic nitrogens is 2. The van der Waals surface area contributed by atoms with Crippen LogP contribution in [0.2, 0.25) is 5.15 Å². The van der Waals surface area contributed by atoms with Gasteiger partial charge in [0.25, 0.3) is 0 Å². The van der Waals surface area contributed by atoms with Gasteiger partial charge in [-0.3, -0.25) is 0 Å². The van der Waals surface area contributed by atoms with E-state index in [0.717, 1.165) is 21.3 Å². The van der Waals surface area contributed by atoms with Gasteiger partial charge in [-0.15, -0.1) is 0 Å². The van der Waals surface area contributed by atoms with Crippen LogP contribution in [0.3, 0.4) is 0 Å². The van der Waals surface area contributed by atoms with E-state index in [0.29, 0.717) is 16.8 Å². The molecule has 2 rings (SSSR count). The zero-order chi connectivity index (χ0) is 13.3. The Hall–Kier alpha value is -1.13. The highest BCUT2D eigenvalue weighted by molar-refractivity contribution is 9.10. The van der Waals surface area contributed by atoms with E-state index in [1.807, 2.05) is 6.92 Å². The average molecular weight is 327 g/mol. The van der Waals surface area contributed by atoms with Crippen LogP contribution in [0.15, 0.2) is 22.7 Å². The molecule has 5 heteroatoms. The van der Waals surface area contributed by atoms with Gasteiger partial charge in [-0.25, -0.2) is 9.97 Å². The Labute approximate surface area is 120 Å². The molecule has 0 bridgehead atoms. The standard InChI is InChI=1S/C13H13BrClN3/c1-7-4-10(14)5-8(2)13(7)18-12-6-11(15)16-9(3)17-12/h4-6H,1-3H3,(H,16,17,18). The number of anilines is 2. The molecule has 0 aliphatic heterocycles. The van der Waals surface area contributed by atoms with Gasteiger partial charge in [-0.05, 0) is 44.0 Å². The maximum absolute atomic E-state index is 5.92. The van der Waals surface area contributed by atoms with E-state index in [-0.39, 0.29) is 0 Å². The van der Waals surface area contributed by atoms with Crippen molar-refractivity contribution in [2.75, 3.05) is 5.32 Å². The smallest absolute Gasteiger partial charge is 0.135 e. The summed E-state index contributed by atoms with van der Waals surface area (Å²) in [6, 6.07) is 5.84. The van der Waals surface area contributed by atoms with Crippen LogP contribution in [-0.4, -0.2) is 9.97 Å². The molecule has 0 aliphatic rings. The number of rotatable bonds is 2. The molecule has 18 heavy (non-hydrogen) atoms. The second-order valence-corrected chi connectivity index (χ2v) is 5.47. The molecule has 0 spiro atoms. The Kier molecular flexibility index (Phi) is 3.88. The van der Waals surface area contributed by atoms with Crippen LogP contribution in [0.4, 0.5) is 11.5 Å². The van der Waals surface area contributed by atoms with Crippen LogP contribution in [0.5, 0.6) is 0 Å². The zero-order valence-corrected chi connectivity index (χ0v) is 12.7.